The van der Waals surface area contributed by atoms with Gasteiger partial charge in [-0.2, -0.15) is 0 Å². The lowest BCUT2D eigenvalue weighted by atomic mass is 10.1. The van der Waals surface area contributed by atoms with Gasteiger partial charge in [0.1, 0.15) is 5.75 Å². The van der Waals surface area contributed by atoms with Crippen LogP contribution < -0.4 is 10.1 Å². The average molecular weight is 293 g/mol. The molecule has 0 atom stereocenters. The van der Waals surface area contributed by atoms with Gasteiger partial charge in [-0.3, -0.25) is 4.79 Å². The molecule has 0 aromatic heterocycles. The van der Waals surface area contributed by atoms with Gasteiger partial charge in [0.2, 0.25) is 0 Å². The second-order valence-corrected chi connectivity index (χ2v) is 4.88. The molecule has 1 rings (SSSR count). The number of carbonyl (C=O) groups excluding carboxylic acids is 1. The topological polar surface area (TPSA) is 47.6 Å². The highest BCUT2D eigenvalue weighted by Gasteiger charge is 2.05. The molecule has 0 saturated carbocycles. The first kappa shape index (κ1) is 17.7. The van der Waals surface area contributed by atoms with Crippen LogP contribution in [0.2, 0.25) is 0 Å². The lowest BCUT2D eigenvalue weighted by molar-refractivity contribution is 0.0986. The summed E-state index contributed by atoms with van der Waals surface area (Å²) in [6, 6.07) is 7.28. The van der Waals surface area contributed by atoms with Gasteiger partial charge in [-0.15, -0.1) is 0 Å². The Morgan fingerprint density at radius 1 is 1.10 bits per heavy atom. The summed E-state index contributed by atoms with van der Waals surface area (Å²) in [7, 11) is 0. The summed E-state index contributed by atoms with van der Waals surface area (Å²) in [4.78, 5) is 12.0. The molecule has 0 fully saturated rings. The zero-order valence-electron chi connectivity index (χ0n) is 13.2. The number of carbonyl (C=O) groups is 1. The molecule has 0 saturated heterocycles. The molecular formula is C17H27NO3. The van der Waals surface area contributed by atoms with Crippen molar-refractivity contribution in [2.24, 2.45) is 0 Å². The number of benzene rings is 1. The Kier molecular flexibility index (Phi) is 9.49. The van der Waals surface area contributed by atoms with E-state index in [1.165, 1.54) is 0 Å². The summed E-state index contributed by atoms with van der Waals surface area (Å²) in [6.07, 6.45) is 3.21. The van der Waals surface area contributed by atoms with Gasteiger partial charge in [0.15, 0.2) is 5.78 Å². The van der Waals surface area contributed by atoms with Crippen molar-refractivity contribution < 1.29 is 14.3 Å². The van der Waals surface area contributed by atoms with Crippen LogP contribution in [-0.4, -0.2) is 38.7 Å². The summed E-state index contributed by atoms with van der Waals surface area (Å²) in [5, 5.41) is 3.15. The highest BCUT2D eigenvalue weighted by atomic mass is 16.5. The minimum atomic E-state index is 0.102. The fraction of sp³-hybridized carbons (Fsp3) is 0.588. The van der Waals surface area contributed by atoms with Crippen molar-refractivity contribution in [1.29, 1.82) is 0 Å². The van der Waals surface area contributed by atoms with Crippen molar-refractivity contribution in [3.05, 3.63) is 29.8 Å². The molecule has 0 radical (unpaired) electrons. The third kappa shape index (κ3) is 7.83. The number of nitrogens with one attached hydrogen (secondary N) is 1. The Hall–Kier alpha value is -1.39. The van der Waals surface area contributed by atoms with Gasteiger partial charge in [-0.05, 0) is 50.6 Å². The maximum absolute atomic E-state index is 12.0. The number of hydrogen-bond donors (Lipinski definition) is 1. The van der Waals surface area contributed by atoms with Crippen LogP contribution in [0.3, 0.4) is 0 Å². The highest BCUT2D eigenvalue weighted by molar-refractivity contribution is 5.97. The molecule has 0 aliphatic rings. The summed E-state index contributed by atoms with van der Waals surface area (Å²) in [5.41, 5.74) is 0.713. The molecule has 21 heavy (non-hydrogen) atoms. The molecule has 4 nitrogen and oxygen atoms in total. The van der Waals surface area contributed by atoms with Crippen molar-refractivity contribution in [3.63, 3.8) is 0 Å². The third-order valence-electron chi connectivity index (χ3n) is 3.06. The third-order valence-corrected chi connectivity index (χ3v) is 3.06. The molecule has 0 unspecified atom stereocenters. The van der Waals surface area contributed by atoms with E-state index < -0.39 is 0 Å². The second kappa shape index (κ2) is 11.3. The Morgan fingerprint density at radius 3 is 2.48 bits per heavy atom. The van der Waals surface area contributed by atoms with Crippen LogP contribution in [0.4, 0.5) is 0 Å². The van der Waals surface area contributed by atoms with E-state index in [0.717, 1.165) is 44.8 Å². The maximum Gasteiger partial charge on any atom is 0.176 e. The predicted molar refractivity (Wildman–Crippen MR) is 85.2 cm³/mol. The molecule has 4 heteroatoms. The van der Waals surface area contributed by atoms with Gasteiger partial charge in [0, 0.05) is 18.8 Å². The van der Waals surface area contributed by atoms with Crippen LogP contribution in [0.5, 0.6) is 5.75 Å². The molecule has 1 N–H and O–H groups in total. The molecule has 0 spiro atoms. The highest BCUT2D eigenvalue weighted by Crippen LogP contribution is 2.12. The van der Waals surface area contributed by atoms with E-state index in [9.17, 15) is 4.79 Å². The fourth-order valence-corrected chi connectivity index (χ4v) is 1.86. The van der Waals surface area contributed by atoms with Crippen LogP contribution in [0.25, 0.3) is 0 Å². The van der Waals surface area contributed by atoms with Gasteiger partial charge in [0.25, 0.3) is 0 Å². The summed E-state index contributed by atoms with van der Waals surface area (Å²) in [5.74, 6) is 0.899. The van der Waals surface area contributed by atoms with Crippen molar-refractivity contribution in [2.45, 2.75) is 33.1 Å². The van der Waals surface area contributed by atoms with Gasteiger partial charge in [-0.25, -0.2) is 0 Å². The molecule has 0 aliphatic carbocycles. The number of ether oxygens (including phenoxy) is 2. The van der Waals surface area contributed by atoms with E-state index >= 15 is 0 Å². The SMILES string of the molecule is CCCCOCCCNCC(=O)c1ccc(OCC)cc1. The monoisotopic (exact) mass is 293 g/mol. The molecule has 1 aromatic carbocycles. The fourth-order valence-electron chi connectivity index (χ4n) is 1.86. The smallest absolute Gasteiger partial charge is 0.176 e. The molecule has 118 valence electrons. The van der Waals surface area contributed by atoms with E-state index in [4.69, 9.17) is 9.47 Å². The first-order valence-electron chi connectivity index (χ1n) is 7.82. The minimum absolute atomic E-state index is 0.102. The van der Waals surface area contributed by atoms with Crippen molar-refractivity contribution in [3.8, 4) is 5.75 Å². The number of hydrogen-bond acceptors (Lipinski definition) is 4. The van der Waals surface area contributed by atoms with E-state index in [2.05, 4.69) is 12.2 Å². The van der Waals surface area contributed by atoms with Crippen LogP contribution in [0, 0.1) is 0 Å². The maximum atomic E-state index is 12.0. The molecule has 1 aromatic rings. The number of unbranched alkanes of at least 4 members (excludes halogenated alkanes) is 1. The van der Waals surface area contributed by atoms with Gasteiger partial charge in [0.05, 0.1) is 13.2 Å². The van der Waals surface area contributed by atoms with Crippen molar-refractivity contribution >= 4 is 5.78 Å². The van der Waals surface area contributed by atoms with E-state index in [0.29, 0.717) is 18.7 Å². The normalized spacial score (nSPS) is 10.6. The standard InChI is InChI=1S/C17H27NO3/c1-3-5-12-20-13-6-11-18-14-17(19)15-7-9-16(10-8-15)21-4-2/h7-10,18H,3-6,11-14H2,1-2H3. The Balaban J connectivity index is 2.13. The number of rotatable bonds is 12. The molecule has 0 heterocycles. The summed E-state index contributed by atoms with van der Waals surface area (Å²) >= 11 is 0. The Labute approximate surface area is 127 Å². The lowest BCUT2D eigenvalue weighted by Gasteiger charge is -2.06. The average Bonchev–Trinajstić information content (AvgIpc) is 2.51. The zero-order valence-corrected chi connectivity index (χ0v) is 13.2. The number of ketones is 1. The van der Waals surface area contributed by atoms with Crippen LogP contribution >= 0.6 is 0 Å². The van der Waals surface area contributed by atoms with Gasteiger partial charge >= 0.3 is 0 Å². The Bertz CT molecular complexity index is 390. The summed E-state index contributed by atoms with van der Waals surface area (Å²) < 4.78 is 10.8. The van der Waals surface area contributed by atoms with E-state index in [-0.39, 0.29) is 5.78 Å². The quantitative estimate of drug-likeness (QED) is 0.475. The minimum Gasteiger partial charge on any atom is -0.494 e. The van der Waals surface area contributed by atoms with Crippen molar-refractivity contribution in [2.75, 3.05) is 32.9 Å². The lowest BCUT2D eigenvalue weighted by Crippen LogP contribution is -2.24. The second-order valence-electron chi connectivity index (χ2n) is 4.88. The predicted octanol–water partition coefficient (Wildman–Crippen LogP) is 3.06. The van der Waals surface area contributed by atoms with E-state index in [1.807, 2.05) is 31.2 Å². The van der Waals surface area contributed by atoms with E-state index in [1.54, 1.807) is 0 Å². The van der Waals surface area contributed by atoms with Crippen LogP contribution in [-0.2, 0) is 4.74 Å². The molecule has 0 aliphatic heterocycles. The Morgan fingerprint density at radius 2 is 1.81 bits per heavy atom. The zero-order chi connectivity index (χ0) is 15.3. The first-order chi connectivity index (χ1) is 10.3. The van der Waals surface area contributed by atoms with Gasteiger partial charge in [-0.1, -0.05) is 13.3 Å². The van der Waals surface area contributed by atoms with Crippen LogP contribution in [0.1, 0.15) is 43.5 Å². The first-order valence-corrected chi connectivity index (χ1v) is 7.82. The van der Waals surface area contributed by atoms with Gasteiger partial charge < -0.3 is 14.8 Å². The molecule has 0 bridgehead atoms. The molecule has 0 amide bonds. The summed E-state index contributed by atoms with van der Waals surface area (Å²) in [6.45, 7) is 7.48. The largest absolute Gasteiger partial charge is 0.494 e. The number of Topliss-reactive ketones (excluding diaryl/α,β-unsaturated/α-hetero) is 1. The molecular weight excluding hydrogens is 266 g/mol. The van der Waals surface area contributed by atoms with Crippen LogP contribution in [0.15, 0.2) is 24.3 Å². The van der Waals surface area contributed by atoms with Crippen molar-refractivity contribution in [1.82, 2.24) is 5.32 Å².